The number of hydrogen-bond acceptors (Lipinski definition) is 2. The van der Waals surface area contributed by atoms with Gasteiger partial charge in [0.2, 0.25) is 0 Å². The van der Waals surface area contributed by atoms with Crippen molar-refractivity contribution in [3.8, 4) is 0 Å². The van der Waals surface area contributed by atoms with Gasteiger partial charge < -0.3 is 10.6 Å². The number of nitrogens with zero attached hydrogens (tertiary/aromatic N) is 1. The Balaban J connectivity index is 2.34. The first-order valence-electron chi connectivity index (χ1n) is 6.29. The van der Waals surface area contributed by atoms with Gasteiger partial charge in [0.15, 0.2) is 0 Å². The molecule has 1 aliphatic rings. The maximum atomic E-state index is 6.06. The van der Waals surface area contributed by atoms with Crippen molar-refractivity contribution in [2.45, 2.75) is 26.8 Å². The van der Waals surface area contributed by atoms with Gasteiger partial charge in [-0.1, -0.05) is 35.8 Å². The molecule has 17 heavy (non-hydrogen) atoms. The van der Waals surface area contributed by atoms with Gasteiger partial charge in [-0.15, -0.1) is 0 Å². The zero-order valence-electron chi connectivity index (χ0n) is 10.8. The lowest BCUT2D eigenvalue weighted by molar-refractivity contribution is 0.494. The molecule has 0 amide bonds. The topological polar surface area (TPSA) is 29.3 Å². The lowest BCUT2D eigenvalue weighted by Crippen LogP contribution is -2.22. The number of benzene rings is 1. The molecule has 3 atom stereocenters. The molecule has 1 aromatic rings. The van der Waals surface area contributed by atoms with Gasteiger partial charge in [-0.2, -0.15) is 0 Å². The molecule has 0 bridgehead atoms. The molecule has 1 aromatic carbocycles. The number of halogens is 1. The predicted molar refractivity (Wildman–Crippen MR) is 77.3 cm³/mol. The normalized spacial score (nSPS) is 26.3. The summed E-state index contributed by atoms with van der Waals surface area (Å²) >= 11 is 3.56. The molecule has 2 N–H and O–H groups in total. The zero-order chi connectivity index (χ0) is 12.6. The Bertz CT molecular complexity index is 393. The van der Waals surface area contributed by atoms with Gasteiger partial charge in [-0.25, -0.2) is 0 Å². The van der Waals surface area contributed by atoms with E-state index in [2.05, 4.69) is 59.8 Å². The van der Waals surface area contributed by atoms with Gasteiger partial charge in [0.05, 0.1) is 0 Å². The summed E-state index contributed by atoms with van der Waals surface area (Å²) in [5.74, 6) is 1.52. The summed E-state index contributed by atoms with van der Waals surface area (Å²) in [6.45, 7) is 8.98. The second-order valence-corrected chi connectivity index (χ2v) is 6.27. The maximum Gasteiger partial charge on any atom is 0.0426 e. The number of rotatable bonds is 2. The predicted octanol–water partition coefficient (Wildman–Crippen LogP) is 3.56. The van der Waals surface area contributed by atoms with Crippen molar-refractivity contribution >= 4 is 21.6 Å². The van der Waals surface area contributed by atoms with Crippen LogP contribution in [0.5, 0.6) is 0 Å². The minimum Gasteiger partial charge on any atom is -0.371 e. The fourth-order valence-corrected chi connectivity index (χ4v) is 2.85. The molecular weight excluding hydrogens is 276 g/mol. The third-order valence-electron chi connectivity index (χ3n) is 3.81. The molecule has 0 aliphatic carbocycles. The van der Waals surface area contributed by atoms with Crippen LogP contribution in [0.25, 0.3) is 0 Å². The highest BCUT2D eigenvalue weighted by Gasteiger charge is 2.27. The van der Waals surface area contributed by atoms with Crippen LogP contribution in [0.1, 0.15) is 32.4 Å². The Morgan fingerprint density at radius 1 is 1.29 bits per heavy atom. The highest BCUT2D eigenvalue weighted by Crippen LogP contribution is 2.34. The van der Waals surface area contributed by atoms with Crippen molar-refractivity contribution < 1.29 is 0 Å². The molecule has 0 saturated carbocycles. The van der Waals surface area contributed by atoms with E-state index in [0.717, 1.165) is 29.4 Å². The largest absolute Gasteiger partial charge is 0.371 e. The van der Waals surface area contributed by atoms with Crippen LogP contribution in [0.15, 0.2) is 22.7 Å². The molecule has 1 aliphatic heterocycles. The third-order valence-corrected chi connectivity index (χ3v) is 4.31. The van der Waals surface area contributed by atoms with Gasteiger partial charge in [0, 0.05) is 29.3 Å². The van der Waals surface area contributed by atoms with E-state index >= 15 is 0 Å². The average molecular weight is 297 g/mol. The summed E-state index contributed by atoms with van der Waals surface area (Å²) in [5, 5.41) is 0. The van der Waals surface area contributed by atoms with E-state index in [9.17, 15) is 0 Å². The molecule has 2 nitrogen and oxygen atoms in total. The van der Waals surface area contributed by atoms with Gasteiger partial charge in [-0.05, 0) is 36.5 Å². The molecule has 1 saturated heterocycles. The molecule has 2 rings (SSSR count). The van der Waals surface area contributed by atoms with Crippen LogP contribution in [0.3, 0.4) is 0 Å². The fraction of sp³-hybridized carbons (Fsp3) is 0.571. The van der Waals surface area contributed by atoms with E-state index in [4.69, 9.17) is 5.73 Å². The van der Waals surface area contributed by atoms with Crippen molar-refractivity contribution in [2.24, 2.45) is 17.6 Å². The second kappa shape index (κ2) is 4.99. The molecule has 3 unspecified atom stereocenters. The monoisotopic (exact) mass is 296 g/mol. The first-order valence-corrected chi connectivity index (χ1v) is 7.08. The second-order valence-electron chi connectivity index (χ2n) is 5.35. The maximum absolute atomic E-state index is 6.06. The summed E-state index contributed by atoms with van der Waals surface area (Å²) in [4.78, 5) is 2.47. The van der Waals surface area contributed by atoms with Crippen LogP contribution in [-0.4, -0.2) is 13.1 Å². The van der Waals surface area contributed by atoms with Crippen LogP contribution in [0.4, 0.5) is 5.69 Å². The molecular formula is C14H21BrN2. The molecule has 0 radical (unpaired) electrons. The zero-order valence-corrected chi connectivity index (χ0v) is 12.4. The lowest BCUT2D eigenvalue weighted by Gasteiger charge is -2.24. The minimum absolute atomic E-state index is 0.0873. The van der Waals surface area contributed by atoms with Crippen molar-refractivity contribution in [3.05, 3.63) is 28.2 Å². The van der Waals surface area contributed by atoms with E-state index in [1.807, 2.05) is 0 Å². The van der Waals surface area contributed by atoms with Gasteiger partial charge in [0.25, 0.3) is 0 Å². The average Bonchev–Trinajstić information content (AvgIpc) is 2.58. The molecule has 3 heteroatoms. The standard InChI is InChI=1S/C14H21BrN2/c1-9-7-17(8-10(9)2)14-6-12(15)4-5-13(14)11(3)16/h4-6,9-11H,7-8,16H2,1-3H3. The van der Waals surface area contributed by atoms with Crippen molar-refractivity contribution in [2.75, 3.05) is 18.0 Å². The third kappa shape index (κ3) is 2.66. The quantitative estimate of drug-likeness (QED) is 0.904. The van der Waals surface area contributed by atoms with E-state index in [1.165, 1.54) is 11.3 Å². The Morgan fingerprint density at radius 3 is 2.41 bits per heavy atom. The number of anilines is 1. The molecule has 94 valence electrons. The molecule has 0 spiro atoms. The van der Waals surface area contributed by atoms with Gasteiger partial charge in [-0.3, -0.25) is 0 Å². The highest BCUT2D eigenvalue weighted by atomic mass is 79.9. The number of nitrogens with two attached hydrogens (primary N) is 1. The van der Waals surface area contributed by atoms with Crippen LogP contribution < -0.4 is 10.6 Å². The number of hydrogen-bond donors (Lipinski definition) is 1. The fourth-order valence-electron chi connectivity index (χ4n) is 2.50. The first-order chi connectivity index (χ1) is 7.99. The summed E-state index contributed by atoms with van der Waals surface area (Å²) in [7, 11) is 0. The van der Waals surface area contributed by atoms with E-state index in [0.29, 0.717) is 0 Å². The van der Waals surface area contributed by atoms with Crippen LogP contribution >= 0.6 is 15.9 Å². The molecule has 0 aromatic heterocycles. The summed E-state index contributed by atoms with van der Waals surface area (Å²) in [6.07, 6.45) is 0. The van der Waals surface area contributed by atoms with Gasteiger partial charge >= 0.3 is 0 Å². The Morgan fingerprint density at radius 2 is 1.88 bits per heavy atom. The summed E-state index contributed by atoms with van der Waals surface area (Å²) < 4.78 is 1.13. The highest BCUT2D eigenvalue weighted by molar-refractivity contribution is 9.10. The Hall–Kier alpha value is -0.540. The van der Waals surface area contributed by atoms with Crippen molar-refractivity contribution in [1.29, 1.82) is 0 Å². The minimum atomic E-state index is 0.0873. The summed E-state index contributed by atoms with van der Waals surface area (Å²) in [6, 6.07) is 6.50. The first kappa shape index (κ1) is 12.9. The molecule has 1 fully saturated rings. The van der Waals surface area contributed by atoms with E-state index in [1.54, 1.807) is 0 Å². The van der Waals surface area contributed by atoms with E-state index < -0.39 is 0 Å². The van der Waals surface area contributed by atoms with E-state index in [-0.39, 0.29) is 6.04 Å². The van der Waals surface area contributed by atoms with Crippen molar-refractivity contribution in [3.63, 3.8) is 0 Å². The Kier molecular flexibility index (Phi) is 3.79. The van der Waals surface area contributed by atoms with Crippen LogP contribution in [0, 0.1) is 11.8 Å². The SMILES string of the molecule is CC(N)c1ccc(Br)cc1N1CC(C)C(C)C1. The van der Waals surface area contributed by atoms with Crippen LogP contribution in [-0.2, 0) is 0 Å². The lowest BCUT2D eigenvalue weighted by atomic mass is 10.0. The summed E-state index contributed by atoms with van der Waals surface area (Å²) in [5.41, 5.74) is 8.60. The van der Waals surface area contributed by atoms with Gasteiger partial charge in [0.1, 0.15) is 0 Å². The smallest absolute Gasteiger partial charge is 0.0426 e. The van der Waals surface area contributed by atoms with Crippen molar-refractivity contribution in [1.82, 2.24) is 0 Å². The molecule has 1 heterocycles. The Labute approximate surface area is 112 Å². The van der Waals surface area contributed by atoms with Crippen LogP contribution in [0.2, 0.25) is 0 Å².